The lowest BCUT2D eigenvalue weighted by molar-refractivity contribution is 0.262. The summed E-state index contributed by atoms with van der Waals surface area (Å²) in [5, 5.41) is 8.06. The van der Waals surface area contributed by atoms with Gasteiger partial charge in [-0.2, -0.15) is 0 Å². The highest BCUT2D eigenvalue weighted by Crippen LogP contribution is 2.37. The lowest BCUT2D eigenvalue weighted by Crippen LogP contribution is -2.19. The number of fused-ring (bicyclic) bond motifs is 4. The Morgan fingerprint density at radius 2 is 1.48 bits per heavy atom. The van der Waals surface area contributed by atoms with Crippen molar-refractivity contribution in [3.05, 3.63) is 96.1 Å². The number of hydrogen-bond donors (Lipinski definition) is 2. The molecule has 130 valence electrons. The maximum atomic E-state index is 12.5. The van der Waals surface area contributed by atoms with Crippen molar-refractivity contribution in [2.45, 2.75) is 6.42 Å². The molecule has 3 heteroatoms. The second-order valence-corrected chi connectivity index (χ2v) is 6.81. The summed E-state index contributed by atoms with van der Waals surface area (Å²) in [7, 11) is 0. The average molecular weight is 350 g/mol. The molecule has 0 heterocycles. The van der Waals surface area contributed by atoms with Gasteiger partial charge in [-0.05, 0) is 52.3 Å². The Balaban J connectivity index is 1.37. The number of benzene rings is 4. The number of urea groups is 1. The molecule has 0 saturated carbocycles. The summed E-state index contributed by atoms with van der Waals surface area (Å²) in [6, 6.07) is 28.3. The largest absolute Gasteiger partial charge is 0.323 e. The molecule has 4 aromatic rings. The van der Waals surface area contributed by atoms with E-state index in [-0.39, 0.29) is 6.03 Å². The van der Waals surface area contributed by atoms with Crippen molar-refractivity contribution in [3.8, 4) is 11.1 Å². The molecule has 5 rings (SSSR count). The molecule has 0 aliphatic heterocycles. The van der Waals surface area contributed by atoms with Crippen molar-refractivity contribution in [1.82, 2.24) is 0 Å². The van der Waals surface area contributed by atoms with Crippen LogP contribution in [-0.4, -0.2) is 6.03 Å². The molecule has 0 bridgehead atoms. The summed E-state index contributed by atoms with van der Waals surface area (Å²) in [5.41, 5.74) is 6.74. The predicted molar refractivity (Wildman–Crippen MR) is 111 cm³/mol. The van der Waals surface area contributed by atoms with E-state index in [0.29, 0.717) is 0 Å². The van der Waals surface area contributed by atoms with Crippen LogP contribution in [0.2, 0.25) is 0 Å². The van der Waals surface area contributed by atoms with Gasteiger partial charge >= 0.3 is 6.03 Å². The van der Waals surface area contributed by atoms with Crippen LogP contribution in [0.4, 0.5) is 16.2 Å². The quantitative estimate of drug-likeness (QED) is 0.399. The Hall–Kier alpha value is -3.59. The van der Waals surface area contributed by atoms with E-state index >= 15 is 0 Å². The van der Waals surface area contributed by atoms with Gasteiger partial charge in [-0.25, -0.2) is 4.79 Å². The number of rotatable bonds is 2. The van der Waals surface area contributed by atoms with E-state index in [1.807, 2.05) is 48.5 Å². The van der Waals surface area contributed by atoms with Gasteiger partial charge < -0.3 is 10.6 Å². The number of anilines is 2. The van der Waals surface area contributed by atoms with Crippen molar-refractivity contribution in [1.29, 1.82) is 0 Å². The molecular weight excluding hydrogens is 332 g/mol. The van der Waals surface area contributed by atoms with Gasteiger partial charge in [0.2, 0.25) is 0 Å². The van der Waals surface area contributed by atoms with Gasteiger partial charge in [0.15, 0.2) is 0 Å². The molecular formula is C24H18N2O. The third-order valence-electron chi connectivity index (χ3n) is 5.09. The molecule has 0 spiro atoms. The van der Waals surface area contributed by atoms with Gasteiger partial charge in [-0.3, -0.25) is 0 Å². The Kier molecular flexibility index (Phi) is 3.65. The Morgan fingerprint density at radius 3 is 2.44 bits per heavy atom. The van der Waals surface area contributed by atoms with E-state index in [1.54, 1.807) is 0 Å². The first-order valence-electron chi connectivity index (χ1n) is 9.05. The predicted octanol–water partition coefficient (Wildman–Crippen LogP) is 6.06. The second kappa shape index (κ2) is 6.29. The third kappa shape index (κ3) is 2.83. The third-order valence-corrected chi connectivity index (χ3v) is 5.09. The van der Waals surface area contributed by atoms with Crippen molar-refractivity contribution in [3.63, 3.8) is 0 Å². The highest BCUT2D eigenvalue weighted by molar-refractivity contribution is 6.06. The average Bonchev–Trinajstić information content (AvgIpc) is 3.06. The van der Waals surface area contributed by atoms with E-state index in [0.717, 1.165) is 28.6 Å². The van der Waals surface area contributed by atoms with Crippen LogP contribution in [0.25, 0.3) is 21.9 Å². The van der Waals surface area contributed by atoms with Gasteiger partial charge in [0.05, 0.1) is 5.69 Å². The van der Waals surface area contributed by atoms with Crippen LogP contribution in [0.1, 0.15) is 11.1 Å². The zero-order chi connectivity index (χ0) is 18.2. The van der Waals surface area contributed by atoms with Crippen molar-refractivity contribution in [2.24, 2.45) is 0 Å². The summed E-state index contributed by atoms with van der Waals surface area (Å²) >= 11 is 0. The maximum Gasteiger partial charge on any atom is 0.323 e. The van der Waals surface area contributed by atoms with Crippen molar-refractivity contribution < 1.29 is 4.79 Å². The fourth-order valence-corrected chi connectivity index (χ4v) is 3.84. The molecule has 0 unspecified atom stereocenters. The van der Waals surface area contributed by atoms with Crippen LogP contribution in [0, 0.1) is 0 Å². The lowest BCUT2D eigenvalue weighted by Gasteiger charge is -2.11. The molecule has 2 N–H and O–H groups in total. The van der Waals surface area contributed by atoms with Gasteiger partial charge in [0.1, 0.15) is 0 Å². The van der Waals surface area contributed by atoms with Gasteiger partial charge in [0, 0.05) is 11.1 Å². The zero-order valence-electron chi connectivity index (χ0n) is 14.7. The first-order valence-corrected chi connectivity index (χ1v) is 9.05. The van der Waals surface area contributed by atoms with Crippen LogP contribution in [0.15, 0.2) is 84.9 Å². The topological polar surface area (TPSA) is 41.1 Å². The first-order chi connectivity index (χ1) is 13.3. The monoisotopic (exact) mass is 350 g/mol. The summed E-state index contributed by atoms with van der Waals surface area (Å²) in [4.78, 5) is 12.5. The minimum Gasteiger partial charge on any atom is -0.308 e. The first kappa shape index (κ1) is 15.6. The molecule has 0 saturated heterocycles. The van der Waals surface area contributed by atoms with E-state index in [2.05, 4.69) is 47.0 Å². The summed E-state index contributed by atoms with van der Waals surface area (Å²) in [6.45, 7) is 0. The van der Waals surface area contributed by atoms with E-state index in [1.165, 1.54) is 22.3 Å². The molecule has 27 heavy (non-hydrogen) atoms. The smallest absolute Gasteiger partial charge is 0.308 e. The number of carbonyl (C=O) groups is 1. The fourth-order valence-electron chi connectivity index (χ4n) is 3.84. The molecule has 1 aliphatic carbocycles. The SMILES string of the molecule is O=C(Nc1ccc2c(c1)Cc1ccccc1-2)Nc1cccc2ccccc12. The summed E-state index contributed by atoms with van der Waals surface area (Å²) < 4.78 is 0. The molecule has 0 radical (unpaired) electrons. The lowest BCUT2D eigenvalue weighted by atomic mass is 10.1. The molecule has 0 aromatic heterocycles. The van der Waals surface area contributed by atoms with Crippen LogP contribution in [0.3, 0.4) is 0 Å². The Morgan fingerprint density at radius 1 is 0.704 bits per heavy atom. The van der Waals surface area contributed by atoms with E-state index in [4.69, 9.17) is 0 Å². The Labute approximate surface area is 157 Å². The van der Waals surface area contributed by atoms with E-state index < -0.39 is 0 Å². The highest BCUT2D eigenvalue weighted by Gasteiger charge is 2.18. The van der Waals surface area contributed by atoms with Crippen LogP contribution in [-0.2, 0) is 6.42 Å². The minimum atomic E-state index is -0.234. The number of hydrogen-bond acceptors (Lipinski definition) is 1. The molecule has 2 amide bonds. The molecule has 3 nitrogen and oxygen atoms in total. The summed E-state index contributed by atoms with van der Waals surface area (Å²) in [6.07, 6.45) is 0.909. The van der Waals surface area contributed by atoms with Crippen LogP contribution in [0.5, 0.6) is 0 Å². The van der Waals surface area contributed by atoms with Gasteiger partial charge in [-0.1, -0.05) is 66.7 Å². The highest BCUT2D eigenvalue weighted by atomic mass is 16.2. The standard InChI is InChI=1S/C24H18N2O/c27-24(26-23-11-5-8-16-6-1-4-10-22(16)23)25-19-12-13-21-18(15-19)14-17-7-2-3-9-20(17)21/h1-13,15H,14H2,(H2,25,26,27). The minimum absolute atomic E-state index is 0.234. The number of carbonyl (C=O) groups excluding carboxylic acids is 1. The molecule has 4 aromatic carbocycles. The second-order valence-electron chi connectivity index (χ2n) is 6.81. The number of amides is 2. The maximum absolute atomic E-state index is 12.5. The number of nitrogens with one attached hydrogen (secondary N) is 2. The molecule has 0 atom stereocenters. The zero-order valence-corrected chi connectivity index (χ0v) is 14.7. The van der Waals surface area contributed by atoms with E-state index in [9.17, 15) is 4.79 Å². The normalized spacial score (nSPS) is 11.7. The van der Waals surface area contributed by atoms with Gasteiger partial charge in [0.25, 0.3) is 0 Å². The molecule has 1 aliphatic rings. The van der Waals surface area contributed by atoms with Crippen LogP contribution >= 0.6 is 0 Å². The Bertz CT molecular complexity index is 1170. The van der Waals surface area contributed by atoms with Gasteiger partial charge in [-0.15, -0.1) is 0 Å². The fraction of sp³-hybridized carbons (Fsp3) is 0.0417. The van der Waals surface area contributed by atoms with Crippen molar-refractivity contribution >= 4 is 28.2 Å². The summed E-state index contributed by atoms with van der Waals surface area (Å²) in [5.74, 6) is 0. The molecule has 0 fully saturated rings. The van der Waals surface area contributed by atoms with Crippen molar-refractivity contribution in [2.75, 3.05) is 10.6 Å². The van der Waals surface area contributed by atoms with Crippen LogP contribution < -0.4 is 10.6 Å².